The lowest BCUT2D eigenvalue weighted by Crippen LogP contribution is -2.04. The molecule has 2 N–H and O–H groups in total. The van der Waals surface area contributed by atoms with Crippen LogP contribution in [0.5, 0.6) is 0 Å². The molecule has 0 radical (unpaired) electrons. The van der Waals surface area contributed by atoms with Gasteiger partial charge < -0.3 is 5.73 Å². The molecule has 0 saturated carbocycles. The maximum atomic E-state index is 11.2. The van der Waals surface area contributed by atoms with E-state index in [1.54, 1.807) is 11.8 Å². The van der Waals surface area contributed by atoms with Gasteiger partial charge in [-0.25, -0.2) is 0 Å². The van der Waals surface area contributed by atoms with Crippen LogP contribution in [0.1, 0.15) is 13.8 Å². The van der Waals surface area contributed by atoms with Gasteiger partial charge in [0.1, 0.15) is 5.84 Å². The highest BCUT2D eigenvalue weighted by Gasteiger charge is 2.22. The average molecular weight is 220 g/mol. The van der Waals surface area contributed by atoms with Crippen LogP contribution in [0.15, 0.2) is 15.4 Å². The van der Waals surface area contributed by atoms with Crippen molar-refractivity contribution in [3.8, 4) is 0 Å². The summed E-state index contributed by atoms with van der Waals surface area (Å²) in [6, 6.07) is 0. The van der Waals surface area contributed by atoms with Gasteiger partial charge in [-0.1, -0.05) is 13.8 Å². The fourth-order valence-corrected chi connectivity index (χ4v) is 2.93. The van der Waals surface area contributed by atoms with Crippen molar-refractivity contribution < 1.29 is 8.42 Å². The number of nitrogens with two attached hydrogens (primary N) is 1. The summed E-state index contributed by atoms with van der Waals surface area (Å²) in [4.78, 5) is 0.309. The Kier molecular flexibility index (Phi) is 3.02. The SMILES string of the molecule is CC(C)SCC1=CC(N)=NS1(=O)=O. The lowest BCUT2D eigenvalue weighted by atomic mass is 10.5. The first-order valence-corrected chi connectivity index (χ1v) is 6.33. The molecule has 0 spiro atoms. The molecule has 74 valence electrons. The maximum absolute atomic E-state index is 11.2. The fraction of sp³-hybridized carbons (Fsp3) is 0.571. The lowest BCUT2D eigenvalue weighted by Gasteiger charge is -2.03. The van der Waals surface area contributed by atoms with Gasteiger partial charge in [-0.15, -0.1) is 4.40 Å². The number of thioether (sulfide) groups is 1. The Morgan fingerprint density at radius 2 is 2.23 bits per heavy atom. The molecular formula is C7H12N2O2S2. The first-order chi connectivity index (χ1) is 5.92. The van der Waals surface area contributed by atoms with Crippen LogP contribution in [0.4, 0.5) is 0 Å². The molecule has 1 rings (SSSR count). The van der Waals surface area contributed by atoms with Crippen LogP contribution < -0.4 is 5.73 Å². The summed E-state index contributed by atoms with van der Waals surface area (Å²) in [6.07, 6.45) is 1.42. The van der Waals surface area contributed by atoms with Crippen molar-refractivity contribution in [3.05, 3.63) is 11.0 Å². The second kappa shape index (κ2) is 3.71. The van der Waals surface area contributed by atoms with Gasteiger partial charge >= 0.3 is 0 Å². The normalized spacial score (nSPS) is 20.2. The maximum Gasteiger partial charge on any atom is 0.281 e. The average Bonchev–Trinajstić information content (AvgIpc) is 2.19. The Balaban J connectivity index is 2.70. The van der Waals surface area contributed by atoms with Crippen LogP contribution in [-0.4, -0.2) is 25.3 Å². The molecule has 1 heterocycles. The van der Waals surface area contributed by atoms with E-state index in [-0.39, 0.29) is 5.84 Å². The molecule has 0 aliphatic carbocycles. The zero-order valence-electron chi connectivity index (χ0n) is 7.52. The molecular weight excluding hydrogens is 208 g/mol. The minimum atomic E-state index is -3.43. The first-order valence-electron chi connectivity index (χ1n) is 3.84. The number of amidine groups is 1. The van der Waals surface area contributed by atoms with Gasteiger partial charge in [0.2, 0.25) is 0 Å². The van der Waals surface area contributed by atoms with Crippen molar-refractivity contribution in [1.29, 1.82) is 0 Å². The summed E-state index contributed by atoms with van der Waals surface area (Å²) in [5.41, 5.74) is 5.29. The zero-order chi connectivity index (χ0) is 10.1. The van der Waals surface area contributed by atoms with Gasteiger partial charge in [-0.05, 0) is 11.3 Å². The highest BCUT2D eigenvalue weighted by Crippen LogP contribution is 2.22. The number of hydrogen-bond donors (Lipinski definition) is 1. The molecule has 0 saturated heterocycles. The van der Waals surface area contributed by atoms with Crippen LogP contribution >= 0.6 is 11.8 Å². The number of rotatable bonds is 3. The van der Waals surface area contributed by atoms with E-state index < -0.39 is 10.0 Å². The molecule has 1 aliphatic heterocycles. The standard InChI is InChI=1S/C7H12N2O2S2/c1-5(2)12-4-6-3-7(8)9-13(6,10)11/h3,5H,4H2,1-2H3,(H2,8,9). The fourth-order valence-electron chi connectivity index (χ4n) is 0.828. The van der Waals surface area contributed by atoms with Gasteiger partial charge in [0.25, 0.3) is 10.0 Å². The molecule has 0 aromatic rings. The van der Waals surface area contributed by atoms with Crippen molar-refractivity contribution >= 4 is 27.6 Å². The number of sulfonamides is 1. The van der Waals surface area contributed by atoms with E-state index in [2.05, 4.69) is 4.40 Å². The molecule has 0 aromatic heterocycles. The predicted molar refractivity (Wildman–Crippen MR) is 56.2 cm³/mol. The van der Waals surface area contributed by atoms with Crippen LogP contribution in [0, 0.1) is 0 Å². The molecule has 0 bridgehead atoms. The summed E-state index contributed by atoms with van der Waals surface area (Å²) < 4.78 is 25.8. The topological polar surface area (TPSA) is 72.5 Å². The Morgan fingerprint density at radius 1 is 1.62 bits per heavy atom. The van der Waals surface area contributed by atoms with Crippen molar-refractivity contribution in [3.63, 3.8) is 0 Å². The minimum Gasteiger partial charge on any atom is -0.383 e. The lowest BCUT2D eigenvalue weighted by molar-refractivity contribution is 0.605. The summed E-state index contributed by atoms with van der Waals surface area (Å²) in [6.45, 7) is 4.02. The van der Waals surface area contributed by atoms with E-state index in [9.17, 15) is 8.42 Å². The van der Waals surface area contributed by atoms with Crippen LogP contribution in [0.25, 0.3) is 0 Å². The van der Waals surface area contributed by atoms with Crippen molar-refractivity contribution in [2.75, 3.05) is 5.75 Å². The van der Waals surface area contributed by atoms with Crippen LogP contribution in [0.2, 0.25) is 0 Å². The highest BCUT2D eigenvalue weighted by atomic mass is 32.2. The highest BCUT2D eigenvalue weighted by molar-refractivity contribution is 8.02. The molecule has 0 amide bonds. The minimum absolute atomic E-state index is 0.0827. The van der Waals surface area contributed by atoms with Gasteiger partial charge in [0, 0.05) is 5.75 Å². The summed E-state index contributed by atoms with van der Waals surface area (Å²) in [7, 11) is -3.43. The summed E-state index contributed by atoms with van der Waals surface area (Å²) in [5, 5.41) is 0.401. The van der Waals surface area contributed by atoms with E-state index in [4.69, 9.17) is 5.73 Å². The van der Waals surface area contributed by atoms with Crippen LogP contribution in [0.3, 0.4) is 0 Å². The Morgan fingerprint density at radius 3 is 2.62 bits per heavy atom. The van der Waals surface area contributed by atoms with Gasteiger partial charge in [-0.3, -0.25) is 0 Å². The van der Waals surface area contributed by atoms with E-state index in [1.165, 1.54) is 6.08 Å². The van der Waals surface area contributed by atoms with Gasteiger partial charge in [0.15, 0.2) is 0 Å². The predicted octanol–water partition coefficient (Wildman–Crippen LogP) is 0.713. The molecule has 4 nitrogen and oxygen atoms in total. The third kappa shape index (κ3) is 2.73. The van der Waals surface area contributed by atoms with Gasteiger partial charge in [0.05, 0.1) is 4.91 Å². The molecule has 0 aromatic carbocycles. The third-order valence-corrected chi connectivity index (χ3v) is 4.13. The number of nitrogens with zero attached hydrogens (tertiary/aromatic N) is 1. The van der Waals surface area contributed by atoms with Crippen molar-refractivity contribution in [1.82, 2.24) is 0 Å². The molecule has 13 heavy (non-hydrogen) atoms. The molecule has 1 aliphatic rings. The molecule has 0 unspecified atom stereocenters. The molecule has 6 heteroatoms. The Hall–Kier alpha value is -0.490. The quantitative estimate of drug-likeness (QED) is 0.760. The van der Waals surface area contributed by atoms with E-state index in [0.29, 0.717) is 15.9 Å². The Bertz CT molecular complexity index is 355. The second-order valence-corrected chi connectivity index (χ2v) is 6.18. The summed E-state index contributed by atoms with van der Waals surface area (Å²) >= 11 is 1.56. The smallest absolute Gasteiger partial charge is 0.281 e. The van der Waals surface area contributed by atoms with E-state index in [0.717, 1.165) is 0 Å². The molecule has 0 fully saturated rings. The zero-order valence-corrected chi connectivity index (χ0v) is 9.15. The Labute approximate surface area is 82.4 Å². The second-order valence-electron chi connectivity index (χ2n) is 2.96. The largest absolute Gasteiger partial charge is 0.383 e. The third-order valence-electron chi connectivity index (χ3n) is 1.42. The first kappa shape index (κ1) is 10.6. The van der Waals surface area contributed by atoms with Crippen molar-refractivity contribution in [2.45, 2.75) is 19.1 Å². The monoisotopic (exact) mass is 220 g/mol. The van der Waals surface area contributed by atoms with Crippen molar-refractivity contribution in [2.24, 2.45) is 10.1 Å². The van der Waals surface area contributed by atoms with Gasteiger partial charge in [-0.2, -0.15) is 20.2 Å². The number of hydrogen-bond acceptors (Lipinski definition) is 4. The van der Waals surface area contributed by atoms with E-state index >= 15 is 0 Å². The summed E-state index contributed by atoms with van der Waals surface area (Å²) in [5.74, 6) is 0.531. The van der Waals surface area contributed by atoms with Crippen LogP contribution in [-0.2, 0) is 10.0 Å². The van der Waals surface area contributed by atoms with E-state index in [1.807, 2.05) is 13.8 Å². The molecule has 0 atom stereocenters.